The van der Waals surface area contributed by atoms with Crippen LogP contribution in [0.3, 0.4) is 0 Å². The SMILES string of the molecule is Cc1nc(O)c(O)o1. The summed E-state index contributed by atoms with van der Waals surface area (Å²) in [6.07, 6.45) is 0. The third kappa shape index (κ3) is 0.598. The Kier molecular flexibility index (Phi) is 0.865. The lowest BCUT2D eigenvalue weighted by Gasteiger charge is -1.75. The van der Waals surface area contributed by atoms with Gasteiger partial charge in [0.05, 0.1) is 0 Å². The maximum Gasteiger partial charge on any atom is 0.348 e. The zero-order valence-corrected chi connectivity index (χ0v) is 4.25. The molecule has 4 nitrogen and oxygen atoms in total. The van der Waals surface area contributed by atoms with Crippen LogP contribution in [0, 0.1) is 6.92 Å². The van der Waals surface area contributed by atoms with Gasteiger partial charge < -0.3 is 14.6 Å². The average Bonchev–Trinajstić information content (AvgIpc) is 1.85. The number of aryl methyl sites for hydroxylation is 1. The molecule has 2 N–H and O–H groups in total. The number of rotatable bonds is 0. The predicted octanol–water partition coefficient (Wildman–Crippen LogP) is 0.394. The lowest BCUT2D eigenvalue weighted by Crippen LogP contribution is -1.63. The van der Waals surface area contributed by atoms with Crippen LogP contribution in [-0.4, -0.2) is 15.2 Å². The Balaban J connectivity index is 3.14. The highest BCUT2D eigenvalue weighted by Crippen LogP contribution is 2.22. The molecule has 0 unspecified atom stereocenters. The molecule has 8 heavy (non-hydrogen) atoms. The standard InChI is InChI=1S/C4H5NO3/c1-2-5-3(6)4(7)8-2/h6-7H,1H3. The van der Waals surface area contributed by atoms with Gasteiger partial charge in [-0.15, -0.1) is 0 Å². The smallest absolute Gasteiger partial charge is 0.348 e. The number of hydrogen-bond acceptors (Lipinski definition) is 4. The topological polar surface area (TPSA) is 66.5 Å². The summed E-state index contributed by atoms with van der Waals surface area (Å²) in [5, 5.41) is 16.9. The van der Waals surface area contributed by atoms with Crippen molar-refractivity contribution < 1.29 is 14.6 Å². The number of oxazole rings is 1. The number of aromatic nitrogens is 1. The van der Waals surface area contributed by atoms with Crippen molar-refractivity contribution in [1.29, 1.82) is 0 Å². The van der Waals surface area contributed by atoms with Crippen molar-refractivity contribution >= 4 is 0 Å². The van der Waals surface area contributed by atoms with Crippen LogP contribution in [0.4, 0.5) is 0 Å². The zero-order chi connectivity index (χ0) is 6.15. The van der Waals surface area contributed by atoms with Gasteiger partial charge in [0.15, 0.2) is 5.89 Å². The van der Waals surface area contributed by atoms with Crippen LogP contribution in [0.5, 0.6) is 11.8 Å². The molecule has 0 fully saturated rings. The zero-order valence-electron chi connectivity index (χ0n) is 4.25. The van der Waals surface area contributed by atoms with Gasteiger partial charge in [0.1, 0.15) is 0 Å². The minimum absolute atomic E-state index is 0.250. The molecule has 0 aliphatic carbocycles. The third-order valence-corrected chi connectivity index (χ3v) is 0.699. The van der Waals surface area contributed by atoms with Crippen molar-refractivity contribution in [3.8, 4) is 11.8 Å². The first-order valence-electron chi connectivity index (χ1n) is 2.05. The van der Waals surface area contributed by atoms with Gasteiger partial charge in [0.25, 0.3) is 5.88 Å². The van der Waals surface area contributed by atoms with Crippen molar-refractivity contribution in [2.75, 3.05) is 0 Å². The van der Waals surface area contributed by atoms with Crippen LogP contribution in [0.1, 0.15) is 5.89 Å². The quantitative estimate of drug-likeness (QED) is 0.513. The second kappa shape index (κ2) is 1.40. The second-order valence-corrected chi connectivity index (χ2v) is 1.36. The summed E-state index contributed by atoms with van der Waals surface area (Å²) < 4.78 is 4.41. The molecule has 0 radical (unpaired) electrons. The Hall–Kier alpha value is -1.19. The van der Waals surface area contributed by atoms with E-state index in [1.807, 2.05) is 0 Å². The summed E-state index contributed by atoms with van der Waals surface area (Å²) in [4.78, 5) is 3.35. The van der Waals surface area contributed by atoms with Crippen LogP contribution in [0.15, 0.2) is 4.42 Å². The molecular formula is C4H5NO3. The first-order valence-corrected chi connectivity index (χ1v) is 2.05. The summed E-state index contributed by atoms with van der Waals surface area (Å²) in [6.45, 7) is 1.53. The van der Waals surface area contributed by atoms with E-state index in [9.17, 15) is 0 Å². The maximum atomic E-state index is 8.49. The second-order valence-electron chi connectivity index (χ2n) is 1.36. The molecule has 0 amide bonds. The molecule has 1 rings (SSSR count). The highest BCUT2D eigenvalue weighted by atomic mass is 16.5. The fourth-order valence-electron chi connectivity index (χ4n) is 0.405. The van der Waals surface area contributed by atoms with Crippen molar-refractivity contribution in [1.82, 2.24) is 4.98 Å². The fraction of sp³-hybridized carbons (Fsp3) is 0.250. The number of aromatic hydroxyl groups is 2. The van der Waals surface area contributed by atoms with Gasteiger partial charge in [0, 0.05) is 6.92 Å². The van der Waals surface area contributed by atoms with E-state index in [0.717, 1.165) is 0 Å². The van der Waals surface area contributed by atoms with Gasteiger partial charge in [-0.05, 0) is 0 Å². The first kappa shape index (κ1) is 4.96. The van der Waals surface area contributed by atoms with Crippen LogP contribution in [0.25, 0.3) is 0 Å². The minimum Gasteiger partial charge on any atom is -0.488 e. The molecule has 1 aromatic rings. The van der Waals surface area contributed by atoms with Crippen molar-refractivity contribution in [3.05, 3.63) is 5.89 Å². The van der Waals surface area contributed by atoms with Gasteiger partial charge in [0.2, 0.25) is 0 Å². The molecular weight excluding hydrogens is 110 g/mol. The van der Waals surface area contributed by atoms with Gasteiger partial charge in [-0.3, -0.25) is 0 Å². The summed E-state index contributed by atoms with van der Waals surface area (Å²) in [7, 11) is 0. The molecule has 0 aliphatic rings. The Bertz CT molecular complexity index is 174. The van der Waals surface area contributed by atoms with E-state index < -0.39 is 11.8 Å². The van der Waals surface area contributed by atoms with Crippen LogP contribution < -0.4 is 0 Å². The van der Waals surface area contributed by atoms with E-state index in [-0.39, 0.29) is 5.89 Å². The first-order chi connectivity index (χ1) is 3.70. The van der Waals surface area contributed by atoms with Crippen LogP contribution in [-0.2, 0) is 0 Å². The molecule has 0 aliphatic heterocycles. The van der Waals surface area contributed by atoms with E-state index >= 15 is 0 Å². The van der Waals surface area contributed by atoms with Gasteiger partial charge in [-0.1, -0.05) is 0 Å². The Morgan fingerprint density at radius 3 is 2.25 bits per heavy atom. The molecule has 0 saturated carbocycles. The van der Waals surface area contributed by atoms with E-state index in [0.29, 0.717) is 0 Å². The summed E-state index contributed by atoms with van der Waals surface area (Å²) in [6, 6.07) is 0. The van der Waals surface area contributed by atoms with Crippen molar-refractivity contribution in [2.24, 2.45) is 0 Å². The fourth-order valence-corrected chi connectivity index (χ4v) is 0.405. The molecule has 0 spiro atoms. The minimum atomic E-state index is -0.525. The predicted molar refractivity (Wildman–Crippen MR) is 24.6 cm³/mol. The molecule has 4 heteroatoms. The molecule has 44 valence electrons. The molecule has 1 heterocycles. The molecule has 0 bridgehead atoms. The molecule has 0 aromatic carbocycles. The number of hydrogen-bond donors (Lipinski definition) is 2. The van der Waals surface area contributed by atoms with Crippen molar-refractivity contribution in [3.63, 3.8) is 0 Å². The molecule has 0 saturated heterocycles. The van der Waals surface area contributed by atoms with Crippen LogP contribution >= 0.6 is 0 Å². The van der Waals surface area contributed by atoms with Crippen molar-refractivity contribution in [2.45, 2.75) is 6.92 Å². The van der Waals surface area contributed by atoms with Crippen LogP contribution in [0.2, 0.25) is 0 Å². The molecule has 1 aromatic heterocycles. The van der Waals surface area contributed by atoms with E-state index in [4.69, 9.17) is 10.2 Å². The number of nitrogens with zero attached hydrogens (tertiary/aromatic N) is 1. The monoisotopic (exact) mass is 115 g/mol. The molecule has 0 atom stereocenters. The summed E-state index contributed by atoms with van der Waals surface area (Å²) in [5.41, 5.74) is 0. The Morgan fingerprint density at radius 2 is 2.12 bits per heavy atom. The largest absolute Gasteiger partial charge is 0.488 e. The van der Waals surface area contributed by atoms with Gasteiger partial charge in [-0.2, -0.15) is 4.98 Å². The lowest BCUT2D eigenvalue weighted by molar-refractivity contribution is 0.300. The normalized spacial score (nSPS) is 9.62. The summed E-state index contributed by atoms with van der Waals surface area (Å²) >= 11 is 0. The van der Waals surface area contributed by atoms with E-state index in [2.05, 4.69) is 9.40 Å². The Morgan fingerprint density at radius 1 is 1.50 bits per heavy atom. The van der Waals surface area contributed by atoms with E-state index in [1.165, 1.54) is 6.92 Å². The Labute approximate surface area is 45.4 Å². The highest BCUT2D eigenvalue weighted by Gasteiger charge is 2.04. The third-order valence-electron chi connectivity index (χ3n) is 0.699. The highest BCUT2D eigenvalue weighted by molar-refractivity contribution is 5.18. The average molecular weight is 115 g/mol. The summed E-state index contributed by atoms with van der Waals surface area (Å²) in [5.74, 6) is -0.731. The maximum absolute atomic E-state index is 8.49. The van der Waals surface area contributed by atoms with Gasteiger partial charge in [-0.25, -0.2) is 0 Å². The van der Waals surface area contributed by atoms with Gasteiger partial charge >= 0.3 is 5.95 Å². The van der Waals surface area contributed by atoms with E-state index in [1.54, 1.807) is 0 Å². The lowest BCUT2D eigenvalue weighted by atomic mass is 10.8.